The molecule has 154 valence electrons. The summed E-state index contributed by atoms with van der Waals surface area (Å²) in [6.45, 7) is 6.58. The van der Waals surface area contributed by atoms with Crippen LogP contribution in [0.3, 0.4) is 0 Å². The summed E-state index contributed by atoms with van der Waals surface area (Å²) in [5, 5.41) is 8.35. The van der Waals surface area contributed by atoms with Crippen molar-refractivity contribution < 1.29 is 9.53 Å². The van der Waals surface area contributed by atoms with Crippen LogP contribution in [-0.4, -0.2) is 23.1 Å². The second-order valence-electron chi connectivity index (χ2n) is 9.62. The highest BCUT2D eigenvalue weighted by Crippen LogP contribution is 2.53. The summed E-state index contributed by atoms with van der Waals surface area (Å²) in [6.07, 6.45) is 5.63. The van der Waals surface area contributed by atoms with Crippen molar-refractivity contribution in [3.05, 3.63) is 51.2 Å². The fourth-order valence-electron chi connectivity index (χ4n) is 5.40. The minimum Gasteiger partial charge on any atom is -0.444 e. The molecule has 0 bridgehead atoms. The van der Waals surface area contributed by atoms with Gasteiger partial charge in [-0.3, -0.25) is 0 Å². The minimum absolute atomic E-state index is 0.0817. The molecule has 29 heavy (non-hydrogen) atoms. The van der Waals surface area contributed by atoms with Crippen LogP contribution >= 0.6 is 11.3 Å². The summed E-state index contributed by atoms with van der Waals surface area (Å²) in [5.41, 5.74) is 6.39. The van der Waals surface area contributed by atoms with E-state index >= 15 is 0 Å². The molecule has 2 aromatic rings. The number of anilines is 1. The van der Waals surface area contributed by atoms with Crippen molar-refractivity contribution in [2.45, 2.75) is 70.6 Å². The number of amides is 1. The van der Waals surface area contributed by atoms with Crippen LogP contribution in [0.25, 0.3) is 0 Å². The first kappa shape index (κ1) is 19.0. The molecule has 0 spiro atoms. The topological polar surface area (TPSA) is 41.6 Å². The van der Waals surface area contributed by atoms with E-state index in [4.69, 9.17) is 4.74 Å². The predicted octanol–water partition coefficient (Wildman–Crippen LogP) is 6.09. The molecule has 5 rings (SSSR count). The lowest BCUT2D eigenvalue weighted by molar-refractivity contribution is 0.0198. The number of carbonyl (C=O) groups excluding carboxylic acids is 1. The Balaban J connectivity index is 1.59. The van der Waals surface area contributed by atoms with Gasteiger partial charge in [0.2, 0.25) is 0 Å². The highest BCUT2D eigenvalue weighted by atomic mass is 32.1. The number of nitrogens with zero attached hydrogens (tertiary/aromatic N) is 1. The van der Waals surface area contributed by atoms with Gasteiger partial charge in [-0.25, -0.2) is 4.79 Å². The molecule has 1 aliphatic carbocycles. The average molecular weight is 411 g/mol. The number of carbonyl (C=O) groups is 1. The van der Waals surface area contributed by atoms with Crippen molar-refractivity contribution in [2.24, 2.45) is 5.92 Å². The second kappa shape index (κ2) is 7.05. The number of aryl methyl sites for hydroxylation is 1. The molecule has 0 unspecified atom stereocenters. The summed E-state index contributed by atoms with van der Waals surface area (Å²) < 4.78 is 5.79. The third-order valence-electron chi connectivity index (χ3n) is 6.59. The summed E-state index contributed by atoms with van der Waals surface area (Å²) in [7, 11) is 0. The van der Waals surface area contributed by atoms with E-state index in [1.54, 1.807) is 11.3 Å². The van der Waals surface area contributed by atoms with Gasteiger partial charge in [0.25, 0.3) is 0 Å². The lowest BCUT2D eigenvalue weighted by Gasteiger charge is -2.41. The van der Waals surface area contributed by atoms with Gasteiger partial charge in [-0.1, -0.05) is 12.1 Å². The lowest BCUT2D eigenvalue weighted by atomic mass is 9.77. The van der Waals surface area contributed by atoms with Crippen molar-refractivity contribution in [1.82, 2.24) is 4.90 Å². The zero-order valence-electron chi connectivity index (χ0n) is 17.5. The summed E-state index contributed by atoms with van der Waals surface area (Å²) in [5.74, 6) is 0.367. The third-order valence-corrected chi connectivity index (χ3v) is 7.29. The monoisotopic (exact) mass is 410 g/mol. The lowest BCUT2D eigenvalue weighted by Crippen LogP contribution is -2.40. The van der Waals surface area contributed by atoms with E-state index in [2.05, 4.69) is 34.3 Å². The molecule has 0 saturated carbocycles. The van der Waals surface area contributed by atoms with Gasteiger partial charge in [0.05, 0.1) is 12.1 Å². The Morgan fingerprint density at radius 1 is 1.21 bits per heavy atom. The van der Waals surface area contributed by atoms with E-state index in [-0.39, 0.29) is 18.2 Å². The van der Waals surface area contributed by atoms with E-state index < -0.39 is 5.60 Å². The molecule has 1 saturated heterocycles. The van der Waals surface area contributed by atoms with Crippen LogP contribution in [0.15, 0.2) is 29.0 Å². The van der Waals surface area contributed by atoms with Gasteiger partial charge in [-0.15, -0.1) is 0 Å². The van der Waals surface area contributed by atoms with E-state index in [9.17, 15) is 4.79 Å². The number of fused-ring (bicyclic) bond motifs is 5. The first-order chi connectivity index (χ1) is 13.9. The van der Waals surface area contributed by atoms with Crippen molar-refractivity contribution in [2.75, 3.05) is 11.9 Å². The molecule has 0 radical (unpaired) electrons. The first-order valence-electron chi connectivity index (χ1n) is 10.9. The van der Waals surface area contributed by atoms with Crippen LogP contribution in [-0.2, 0) is 17.6 Å². The smallest absolute Gasteiger partial charge is 0.410 e. The Morgan fingerprint density at radius 3 is 2.79 bits per heavy atom. The number of benzene rings is 1. The minimum atomic E-state index is -0.479. The van der Waals surface area contributed by atoms with Gasteiger partial charge in [0.15, 0.2) is 0 Å². The molecule has 1 amide bonds. The molecular weight excluding hydrogens is 380 g/mol. The van der Waals surface area contributed by atoms with Gasteiger partial charge in [-0.05, 0) is 92.0 Å². The summed E-state index contributed by atoms with van der Waals surface area (Å²) in [4.78, 5) is 15.1. The Hall–Kier alpha value is -2.01. The van der Waals surface area contributed by atoms with Gasteiger partial charge < -0.3 is 15.0 Å². The fourth-order valence-corrected chi connectivity index (χ4v) is 6.09. The second-order valence-corrected chi connectivity index (χ2v) is 10.4. The molecule has 3 atom stereocenters. The number of ether oxygens (including phenoxy) is 1. The molecule has 1 aromatic heterocycles. The van der Waals surface area contributed by atoms with Gasteiger partial charge in [-0.2, -0.15) is 11.3 Å². The third kappa shape index (κ3) is 3.33. The SMILES string of the molecule is CC(C)(C)OC(=O)N1CC[C@@H]2[C@@H](c3ccsc3)Nc3c(ccc4c3CCCC4)[C@@H]21. The van der Waals surface area contributed by atoms with Crippen molar-refractivity contribution in [3.63, 3.8) is 0 Å². The fraction of sp³-hybridized carbons (Fsp3) is 0.542. The zero-order chi connectivity index (χ0) is 20.2. The number of hydrogen-bond donors (Lipinski definition) is 1. The quantitative estimate of drug-likeness (QED) is 0.618. The van der Waals surface area contributed by atoms with Gasteiger partial charge in [0.1, 0.15) is 5.60 Å². The van der Waals surface area contributed by atoms with E-state index in [0.717, 1.165) is 25.8 Å². The Labute approximate surface area is 177 Å². The normalized spacial score (nSPS) is 25.6. The Kier molecular flexibility index (Phi) is 4.61. The van der Waals surface area contributed by atoms with Crippen molar-refractivity contribution in [3.8, 4) is 0 Å². The number of likely N-dealkylation sites (tertiary alicyclic amines) is 1. The Morgan fingerprint density at radius 2 is 2.03 bits per heavy atom. The maximum atomic E-state index is 13.1. The molecule has 1 N–H and O–H groups in total. The number of thiophene rings is 1. The highest BCUT2D eigenvalue weighted by Gasteiger charge is 2.48. The first-order valence-corrected chi connectivity index (χ1v) is 11.8. The average Bonchev–Trinajstić information content (AvgIpc) is 3.36. The molecule has 5 heteroatoms. The number of hydrogen-bond acceptors (Lipinski definition) is 4. The van der Waals surface area contributed by atoms with Crippen LogP contribution in [0.1, 0.15) is 74.4 Å². The van der Waals surface area contributed by atoms with E-state index in [1.807, 2.05) is 25.7 Å². The van der Waals surface area contributed by atoms with Crippen molar-refractivity contribution in [1.29, 1.82) is 0 Å². The molecule has 2 aliphatic heterocycles. The molecule has 3 heterocycles. The molecular formula is C24H30N2O2S. The van der Waals surface area contributed by atoms with Crippen molar-refractivity contribution >= 4 is 23.1 Å². The maximum absolute atomic E-state index is 13.1. The maximum Gasteiger partial charge on any atom is 0.410 e. The number of nitrogens with one attached hydrogen (secondary N) is 1. The van der Waals surface area contributed by atoms with Crippen LogP contribution in [0, 0.1) is 5.92 Å². The molecule has 4 nitrogen and oxygen atoms in total. The molecule has 1 fully saturated rings. The van der Waals surface area contributed by atoms with Gasteiger partial charge in [0, 0.05) is 18.2 Å². The zero-order valence-corrected chi connectivity index (χ0v) is 18.3. The van der Waals surface area contributed by atoms with Crippen LogP contribution < -0.4 is 5.32 Å². The van der Waals surface area contributed by atoms with E-state index in [0.29, 0.717) is 5.92 Å². The largest absolute Gasteiger partial charge is 0.444 e. The van der Waals surface area contributed by atoms with Crippen LogP contribution in [0.2, 0.25) is 0 Å². The molecule has 1 aromatic carbocycles. The summed E-state index contributed by atoms with van der Waals surface area (Å²) >= 11 is 1.75. The highest BCUT2D eigenvalue weighted by molar-refractivity contribution is 7.08. The van der Waals surface area contributed by atoms with E-state index in [1.165, 1.54) is 40.8 Å². The standard InChI is InChI=1S/C24H30N2O2S/c1-24(2,3)28-23(27)26-12-10-19-20(16-11-13-29-14-16)25-21-17-7-5-4-6-15(17)8-9-18(21)22(19)26/h8-9,11,13-14,19-20,22,25H,4-7,10,12H2,1-3H3/t19-,20-,22+/m1/s1. The van der Waals surface area contributed by atoms with Gasteiger partial charge >= 0.3 is 6.09 Å². The summed E-state index contributed by atoms with van der Waals surface area (Å²) in [6, 6.07) is 7.15. The van der Waals surface area contributed by atoms with Crippen LogP contribution in [0.4, 0.5) is 10.5 Å². The number of rotatable bonds is 1. The predicted molar refractivity (Wildman–Crippen MR) is 118 cm³/mol. The van der Waals surface area contributed by atoms with Crippen LogP contribution in [0.5, 0.6) is 0 Å². The molecule has 3 aliphatic rings. The Bertz CT molecular complexity index is 916.